The lowest BCUT2D eigenvalue weighted by Crippen LogP contribution is -2.39. The fraction of sp³-hybridized carbons (Fsp3) is 0.688. The van der Waals surface area contributed by atoms with Crippen molar-refractivity contribution in [2.75, 3.05) is 0 Å². The lowest BCUT2D eigenvalue weighted by Gasteiger charge is -2.28. The molecule has 0 spiro atoms. The fourth-order valence-electron chi connectivity index (χ4n) is 4.11. The molecule has 4 atom stereocenters. The summed E-state index contributed by atoms with van der Waals surface area (Å²) in [6.07, 6.45) is 5.00. The summed E-state index contributed by atoms with van der Waals surface area (Å²) in [5.74, 6) is 1.85. The zero-order valence-electron chi connectivity index (χ0n) is 13.5. The number of fused-ring (bicyclic) bond motifs is 2. The van der Waals surface area contributed by atoms with Gasteiger partial charge in [-0.25, -0.2) is 13.1 Å². The first kappa shape index (κ1) is 16.9. The number of thiophene rings is 1. The first-order valence-corrected chi connectivity index (χ1v) is 10.5. The van der Waals surface area contributed by atoms with Crippen molar-refractivity contribution in [3.63, 3.8) is 0 Å². The van der Waals surface area contributed by atoms with E-state index in [9.17, 15) is 13.2 Å². The summed E-state index contributed by atoms with van der Waals surface area (Å²) in [6, 6.07) is 3.37. The quantitative estimate of drug-likeness (QED) is 0.822. The number of sulfonamides is 1. The Labute approximate surface area is 141 Å². The number of amides is 1. The van der Waals surface area contributed by atoms with Crippen molar-refractivity contribution in [2.24, 2.45) is 17.8 Å². The smallest absolute Gasteiger partial charge is 0.250 e. The molecule has 5 nitrogen and oxygen atoms in total. The maximum atomic E-state index is 12.6. The van der Waals surface area contributed by atoms with Gasteiger partial charge in [-0.05, 0) is 56.1 Å². The molecular weight excluding hydrogens is 332 g/mol. The van der Waals surface area contributed by atoms with E-state index in [1.807, 2.05) is 6.92 Å². The maximum absolute atomic E-state index is 12.6. The highest BCUT2D eigenvalue weighted by atomic mass is 32.2. The molecule has 0 saturated heterocycles. The molecule has 0 aromatic carbocycles. The Morgan fingerprint density at radius 1 is 1.35 bits per heavy atom. The minimum Gasteiger partial charge on any atom is -0.351 e. The Balaban J connectivity index is 1.63. The average molecular weight is 357 g/mol. The van der Waals surface area contributed by atoms with Gasteiger partial charge in [-0.15, -0.1) is 11.3 Å². The standard InChI is InChI=1S/C16H24N2O3S2/c1-10(15-8-12-3-4-13(15)7-12)18-23(20,21)16-6-5-14(22-16)9-17-11(2)19/h5-6,10,12-13,15,18H,3-4,7-9H2,1-2H3,(H,17,19)/t10-,12-,13-,15-/m0/s1. The zero-order valence-corrected chi connectivity index (χ0v) is 15.2. The van der Waals surface area contributed by atoms with Crippen LogP contribution in [0.5, 0.6) is 0 Å². The summed E-state index contributed by atoms with van der Waals surface area (Å²) in [5.41, 5.74) is 0. The second-order valence-corrected chi connectivity index (χ2v) is 9.99. The maximum Gasteiger partial charge on any atom is 0.250 e. The van der Waals surface area contributed by atoms with Gasteiger partial charge in [-0.2, -0.15) is 0 Å². The van der Waals surface area contributed by atoms with Crippen molar-refractivity contribution in [3.8, 4) is 0 Å². The fourth-order valence-corrected chi connectivity index (χ4v) is 6.71. The first-order chi connectivity index (χ1) is 10.8. The lowest BCUT2D eigenvalue weighted by molar-refractivity contribution is -0.119. The third kappa shape index (κ3) is 3.78. The van der Waals surface area contributed by atoms with Crippen LogP contribution < -0.4 is 10.0 Å². The minimum atomic E-state index is -3.48. The van der Waals surface area contributed by atoms with E-state index in [2.05, 4.69) is 10.0 Å². The summed E-state index contributed by atoms with van der Waals surface area (Å²) in [7, 11) is -3.48. The monoisotopic (exact) mass is 356 g/mol. The van der Waals surface area contributed by atoms with E-state index in [1.165, 1.54) is 37.5 Å². The molecule has 3 rings (SSSR count). The van der Waals surface area contributed by atoms with Crippen LogP contribution in [0.15, 0.2) is 16.3 Å². The summed E-state index contributed by atoms with van der Waals surface area (Å²) in [5, 5.41) is 2.69. The van der Waals surface area contributed by atoms with E-state index in [0.717, 1.165) is 17.2 Å². The van der Waals surface area contributed by atoms with Gasteiger partial charge in [0.25, 0.3) is 0 Å². The van der Waals surface area contributed by atoms with Crippen molar-refractivity contribution in [3.05, 3.63) is 17.0 Å². The number of hydrogen-bond acceptors (Lipinski definition) is 4. The van der Waals surface area contributed by atoms with Crippen molar-refractivity contribution < 1.29 is 13.2 Å². The van der Waals surface area contributed by atoms with Gasteiger partial charge in [-0.1, -0.05) is 6.42 Å². The van der Waals surface area contributed by atoms with Gasteiger partial charge < -0.3 is 5.32 Å². The SMILES string of the molecule is CC(=O)NCc1ccc(S(=O)(=O)N[C@@H](C)[C@@H]2C[C@H]3CC[C@H]2C3)s1. The average Bonchev–Trinajstić information content (AvgIpc) is 3.20. The van der Waals surface area contributed by atoms with Gasteiger partial charge in [0.1, 0.15) is 4.21 Å². The molecule has 128 valence electrons. The van der Waals surface area contributed by atoms with Gasteiger partial charge in [0.2, 0.25) is 15.9 Å². The molecule has 7 heteroatoms. The second-order valence-electron chi connectivity index (χ2n) is 6.88. The number of nitrogens with one attached hydrogen (secondary N) is 2. The molecule has 1 heterocycles. The Hall–Kier alpha value is -0.920. The molecule has 23 heavy (non-hydrogen) atoms. The van der Waals surface area contributed by atoms with E-state index in [4.69, 9.17) is 0 Å². The molecule has 0 unspecified atom stereocenters. The van der Waals surface area contributed by atoms with Crippen LogP contribution in [0.2, 0.25) is 0 Å². The van der Waals surface area contributed by atoms with Crippen LogP contribution in [-0.4, -0.2) is 20.4 Å². The van der Waals surface area contributed by atoms with Gasteiger partial charge in [0.15, 0.2) is 0 Å². The molecule has 2 aliphatic rings. The van der Waals surface area contributed by atoms with Crippen LogP contribution in [-0.2, 0) is 21.4 Å². The molecule has 0 aliphatic heterocycles. The second kappa shape index (κ2) is 6.53. The third-order valence-corrected chi connectivity index (χ3v) is 8.33. The molecule has 2 bridgehead atoms. The van der Waals surface area contributed by atoms with E-state index in [-0.39, 0.29) is 11.9 Å². The lowest BCUT2D eigenvalue weighted by atomic mass is 9.84. The third-order valence-electron chi connectivity index (χ3n) is 5.19. The van der Waals surface area contributed by atoms with E-state index < -0.39 is 10.0 Å². The zero-order chi connectivity index (χ0) is 16.6. The molecule has 1 aromatic heterocycles. The predicted molar refractivity (Wildman–Crippen MR) is 90.6 cm³/mol. The van der Waals surface area contributed by atoms with Gasteiger partial charge in [0, 0.05) is 17.8 Å². The van der Waals surface area contributed by atoms with Gasteiger partial charge >= 0.3 is 0 Å². The summed E-state index contributed by atoms with van der Waals surface area (Å²) < 4.78 is 28.3. The number of carbonyl (C=O) groups is 1. The van der Waals surface area contributed by atoms with Crippen LogP contribution in [0.3, 0.4) is 0 Å². The van der Waals surface area contributed by atoms with Crippen LogP contribution in [0, 0.1) is 17.8 Å². The number of rotatable bonds is 6. The highest BCUT2D eigenvalue weighted by molar-refractivity contribution is 7.91. The van der Waals surface area contributed by atoms with Crippen molar-refractivity contribution >= 4 is 27.3 Å². The normalized spacial score (nSPS) is 28.0. The Kier molecular flexibility index (Phi) is 4.80. The first-order valence-electron chi connectivity index (χ1n) is 8.20. The molecule has 2 saturated carbocycles. The predicted octanol–water partition coefficient (Wildman–Crippen LogP) is 2.49. The number of hydrogen-bond donors (Lipinski definition) is 2. The molecule has 1 aromatic rings. The molecular formula is C16H24N2O3S2. The van der Waals surface area contributed by atoms with Crippen LogP contribution in [0.4, 0.5) is 0 Å². The summed E-state index contributed by atoms with van der Waals surface area (Å²) in [4.78, 5) is 11.8. The summed E-state index contributed by atoms with van der Waals surface area (Å²) >= 11 is 1.22. The summed E-state index contributed by atoms with van der Waals surface area (Å²) in [6.45, 7) is 3.82. The topological polar surface area (TPSA) is 75.3 Å². The van der Waals surface area contributed by atoms with Crippen molar-refractivity contribution in [2.45, 2.75) is 56.3 Å². The minimum absolute atomic E-state index is 0.0174. The Morgan fingerprint density at radius 2 is 2.13 bits per heavy atom. The molecule has 0 radical (unpaired) electrons. The van der Waals surface area contributed by atoms with E-state index >= 15 is 0 Å². The molecule has 2 aliphatic carbocycles. The van der Waals surface area contributed by atoms with Gasteiger partial charge in [-0.3, -0.25) is 4.79 Å². The van der Waals surface area contributed by atoms with Crippen molar-refractivity contribution in [1.29, 1.82) is 0 Å². The van der Waals surface area contributed by atoms with E-state index in [0.29, 0.717) is 22.6 Å². The van der Waals surface area contributed by atoms with Crippen LogP contribution >= 0.6 is 11.3 Å². The van der Waals surface area contributed by atoms with Crippen molar-refractivity contribution in [1.82, 2.24) is 10.0 Å². The largest absolute Gasteiger partial charge is 0.351 e. The van der Waals surface area contributed by atoms with Gasteiger partial charge in [0.05, 0.1) is 6.54 Å². The molecule has 2 N–H and O–H groups in total. The molecule has 1 amide bonds. The van der Waals surface area contributed by atoms with E-state index in [1.54, 1.807) is 12.1 Å². The Morgan fingerprint density at radius 3 is 2.74 bits per heavy atom. The van der Waals surface area contributed by atoms with Crippen LogP contribution in [0.1, 0.15) is 44.4 Å². The molecule has 2 fully saturated rings. The highest BCUT2D eigenvalue weighted by Crippen LogP contribution is 2.49. The highest BCUT2D eigenvalue weighted by Gasteiger charge is 2.42. The Bertz CT molecular complexity index is 683. The van der Waals surface area contributed by atoms with Crippen LogP contribution in [0.25, 0.3) is 0 Å². The number of carbonyl (C=O) groups excluding carboxylic acids is 1.